The van der Waals surface area contributed by atoms with Gasteiger partial charge in [0.15, 0.2) is 0 Å². The molecule has 0 unspecified atom stereocenters. The number of nitrogens with two attached hydrogens (primary N) is 1. The summed E-state index contributed by atoms with van der Waals surface area (Å²) in [4.78, 5) is 24.2. The van der Waals surface area contributed by atoms with Crippen LogP contribution in [0.25, 0.3) is 0 Å². The Morgan fingerprint density at radius 1 is 1.20 bits per heavy atom. The molecule has 0 aromatic heterocycles. The van der Waals surface area contributed by atoms with E-state index < -0.39 is 5.54 Å². The number of rotatable bonds is 6. The zero-order valence-electron chi connectivity index (χ0n) is 15.1. The van der Waals surface area contributed by atoms with Gasteiger partial charge in [0.05, 0.1) is 5.54 Å². The highest BCUT2D eigenvalue weighted by atomic mass is 35.5. The number of carbonyl (C=O) groups excluding carboxylic acids is 2. The van der Waals surface area contributed by atoms with Crippen LogP contribution in [0.5, 0.6) is 0 Å². The van der Waals surface area contributed by atoms with E-state index in [-0.39, 0.29) is 24.2 Å². The molecular formula is C19H30ClN3O2. The summed E-state index contributed by atoms with van der Waals surface area (Å²) in [7, 11) is 0. The Balaban J connectivity index is 0.00000312. The first kappa shape index (κ1) is 21.5. The van der Waals surface area contributed by atoms with Gasteiger partial charge < -0.3 is 16.4 Å². The minimum atomic E-state index is -0.721. The monoisotopic (exact) mass is 367 g/mol. The van der Waals surface area contributed by atoms with Gasteiger partial charge >= 0.3 is 0 Å². The van der Waals surface area contributed by atoms with E-state index in [9.17, 15) is 9.59 Å². The Labute approximate surface area is 156 Å². The normalized spacial score (nSPS) is 16.0. The van der Waals surface area contributed by atoms with Crippen LogP contribution >= 0.6 is 12.4 Å². The number of hydrogen-bond acceptors (Lipinski definition) is 3. The van der Waals surface area contributed by atoms with E-state index in [2.05, 4.69) is 10.6 Å². The maximum atomic E-state index is 12.4. The first-order chi connectivity index (χ1) is 11.4. The predicted octanol–water partition coefficient (Wildman–Crippen LogP) is 3.37. The summed E-state index contributed by atoms with van der Waals surface area (Å²) in [6, 6.07) is 7.56. The highest BCUT2D eigenvalue weighted by Gasteiger charge is 2.34. The topological polar surface area (TPSA) is 84.2 Å². The first-order valence-electron chi connectivity index (χ1n) is 8.85. The molecule has 0 radical (unpaired) electrons. The fourth-order valence-corrected chi connectivity index (χ4v) is 3.11. The van der Waals surface area contributed by atoms with Gasteiger partial charge in [0.25, 0.3) is 0 Å². The fourth-order valence-electron chi connectivity index (χ4n) is 3.11. The van der Waals surface area contributed by atoms with Gasteiger partial charge in [0, 0.05) is 18.7 Å². The predicted molar refractivity (Wildman–Crippen MR) is 104 cm³/mol. The van der Waals surface area contributed by atoms with Gasteiger partial charge in [-0.25, -0.2) is 0 Å². The summed E-state index contributed by atoms with van der Waals surface area (Å²) in [6.45, 7) is 4.45. The van der Waals surface area contributed by atoms with Crippen LogP contribution in [0.3, 0.4) is 0 Å². The second-order valence-corrected chi connectivity index (χ2v) is 7.25. The number of anilines is 1. The van der Waals surface area contributed by atoms with E-state index in [0.717, 1.165) is 43.4 Å². The number of hydrogen-bond donors (Lipinski definition) is 3. The zero-order valence-corrected chi connectivity index (χ0v) is 16.0. The Bertz CT molecular complexity index is 584. The minimum Gasteiger partial charge on any atom is -0.350 e. The van der Waals surface area contributed by atoms with Gasteiger partial charge in [0.2, 0.25) is 11.8 Å². The third-order valence-electron chi connectivity index (χ3n) is 4.46. The van der Waals surface area contributed by atoms with Crippen molar-refractivity contribution in [3.05, 3.63) is 29.8 Å². The summed E-state index contributed by atoms with van der Waals surface area (Å²) < 4.78 is 0. The Hall–Kier alpha value is -1.59. The van der Waals surface area contributed by atoms with Crippen LogP contribution in [-0.2, 0) is 16.1 Å². The lowest BCUT2D eigenvalue weighted by Gasteiger charge is -2.31. The van der Waals surface area contributed by atoms with E-state index >= 15 is 0 Å². The second kappa shape index (κ2) is 9.78. The molecule has 1 aromatic carbocycles. The molecule has 0 bridgehead atoms. The Morgan fingerprint density at radius 2 is 1.88 bits per heavy atom. The molecule has 1 saturated carbocycles. The summed E-state index contributed by atoms with van der Waals surface area (Å²) in [5.74, 6) is 0.259. The van der Waals surface area contributed by atoms with Gasteiger partial charge in [-0.15, -0.1) is 12.4 Å². The molecule has 0 atom stereocenters. The van der Waals surface area contributed by atoms with Crippen molar-refractivity contribution in [1.82, 2.24) is 5.32 Å². The summed E-state index contributed by atoms with van der Waals surface area (Å²) in [5, 5.41) is 5.84. The van der Waals surface area contributed by atoms with Crippen molar-refractivity contribution in [3.8, 4) is 0 Å². The highest BCUT2D eigenvalue weighted by Crippen LogP contribution is 2.26. The van der Waals surface area contributed by atoms with E-state index in [4.69, 9.17) is 5.73 Å². The maximum absolute atomic E-state index is 12.4. The Morgan fingerprint density at radius 3 is 2.52 bits per heavy atom. The van der Waals surface area contributed by atoms with Crippen LogP contribution in [0.4, 0.5) is 5.69 Å². The SMILES string of the molecule is CC(C)CC(=O)Nc1cccc(CNC(=O)C2(N)CCCCC2)c1.Cl. The zero-order chi connectivity index (χ0) is 17.6. The van der Waals surface area contributed by atoms with Gasteiger partial charge in [0.1, 0.15) is 0 Å². The molecule has 25 heavy (non-hydrogen) atoms. The van der Waals surface area contributed by atoms with Gasteiger partial charge in [-0.3, -0.25) is 9.59 Å². The average Bonchev–Trinajstić information content (AvgIpc) is 2.52. The van der Waals surface area contributed by atoms with E-state index in [1.165, 1.54) is 0 Å². The molecular weight excluding hydrogens is 338 g/mol. The van der Waals surface area contributed by atoms with Crippen LogP contribution in [-0.4, -0.2) is 17.4 Å². The molecule has 1 fully saturated rings. The largest absolute Gasteiger partial charge is 0.350 e. The lowest BCUT2D eigenvalue weighted by atomic mass is 9.82. The fraction of sp³-hybridized carbons (Fsp3) is 0.579. The molecule has 1 aromatic rings. The molecule has 140 valence electrons. The van der Waals surface area contributed by atoms with Crippen molar-refractivity contribution in [1.29, 1.82) is 0 Å². The third kappa shape index (κ3) is 6.67. The standard InChI is InChI=1S/C19H29N3O2.ClH/c1-14(2)11-17(23)22-16-8-6-7-15(12-16)13-21-18(24)19(20)9-4-3-5-10-19;/h6-8,12,14H,3-5,9-11,13,20H2,1-2H3,(H,21,24)(H,22,23);1H. The molecule has 5 nitrogen and oxygen atoms in total. The lowest BCUT2D eigenvalue weighted by Crippen LogP contribution is -2.54. The number of carbonyl (C=O) groups is 2. The minimum absolute atomic E-state index is 0. The molecule has 0 spiro atoms. The van der Waals surface area contributed by atoms with Crippen molar-refractivity contribution in [2.75, 3.05) is 5.32 Å². The molecule has 1 aliphatic rings. The van der Waals surface area contributed by atoms with Crippen LogP contribution in [0, 0.1) is 5.92 Å². The van der Waals surface area contributed by atoms with Crippen LogP contribution < -0.4 is 16.4 Å². The van der Waals surface area contributed by atoms with E-state index in [1.807, 2.05) is 38.1 Å². The number of nitrogens with one attached hydrogen (secondary N) is 2. The quantitative estimate of drug-likeness (QED) is 0.720. The molecule has 1 aliphatic carbocycles. The van der Waals surface area contributed by atoms with Crippen molar-refractivity contribution < 1.29 is 9.59 Å². The van der Waals surface area contributed by atoms with Crippen LogP contribution in [0.1, 0.15) is 57.9 Å². The van der Waals surface area contributed by atoms with E-state index in [0.29, 0.717) is 18.9 Å². The molecule has 2 rings (SSSR count). The highest BCUT2D eigenvalue weighted by molar-refractivity contribution is 5.91. The molecule has 0 aliphatic heterocycles. The molecule has 2 amide bonds. The second-order valence-electron chi connectivity index (χ2n) is 7.25. The number of benzene rings is 1. The summed E-state index contributed by atoms with van der Waals surface area (Å²) >= 11 is 0. The molecule has 0 saturated heterocycles. The smallest absolute Gasteiger partial charge is 0.240 e. The van der Waals surface area contributed by atoms with Crippen molar-refractivity contribution in [2.24, 2.45) is 11.7 Å². The number of amides is 2. The average molecular weight is 368 g/mol. The third-order valence-corrected chi connectivity index (χ3v) is 4.46. The Kier molecular flexibility index (Phi) is 8.39. The van der Waals surface area contributed by atoms with E-state index in [1.54, 1.807) is 0 Å². The summed E-state index contributed by atoms with van der Waals surface area (Å²) in [5.41, 5.74) is 7.23. The molecule has 0 heterocycles. The first-order valence-corrected chi connectivity index (χ1v) is 8.85. The lowest BCUT2D eigenvalue weighted by molar-refractivity contribution is -0.127. The maximum Gasteiger partial charge on any atom is 0.240 e. The summed E-state index contributed by atoms with van der Waals surface area (Å²) in [6.07, 6.45) is 5.19. The molecule has 4 N–H and O–H groups in total. The van der Waals surface area contributed by atoms with Gasteiger partial charge in [-0.1, -0.05) is 45.2 Å². The van der Waals surface area contributed by atoms with Crippen LogP contribution in [0.15, 0.2) is 24.3 Å². The van der Waals surface area contributed by atoms with Gasteiger partial charge in [-0.2, -0.15) is 0 Å². The van der Waals surface area contributed by atoms with Gasteiger partial charge in [-0.05, 0) is 36.5 Å². The van der Waals surface area contributed by atoms with Crippen molar-refractivity contribution in [2.45, 2.75) is 64.5 Å². The van der Waals surface area contributed by atoms with Crippen molar-refractivity contribution in [3.63, 3.8) is 0 Å². The molecule has 6 heteroatoms. The van der Waals surface area contributed by atoms with Crippen molar-refractivity contribution >= 4 is 29.9 Å². The van der Waals surface area contributed by atoms with Crippen LogP contribution in [0.2, 0.25) is 0 Å². The number of halogens is 1.